The number of hydrogen-bond acceptors (Lipinski definition) is 3. The quantitative estimate of drug-likeness (QED) is 0.668. The number of amides is 1. The zero-order valence-corrected chi connectivity index (χ0v) is 8.16. The van der Waals surface area contributed by atoms with Crippen molar-refractivity contribution in [2.24, 2.45) is 7.05 Å². The summed E-state index contributed by atoms with van der Waals surface area (Å²) in [6.45, 7) is 1.83. The molecule has 1 amide bonds. The number of imidazole rings is 1. The molecule has 0 aliphatic carbocycles. The van der Waals surface area contributed by atoms with Gasteiger partial charge in [0.15, 0.2) is 5.82 Å². The Hall–Kier alpha value is -1.36. The molecule has 2 rings (SSSR count). The van der Waals surface area contributed by atoms with Gasteiger partial charge in [0.2, 0.25) is 0 Å². The molecular weight excluding hydrogens is 180 g/mol. The number of nitrogens with one attached hydrogen (secondary N) is 2. The van der Waals surface area contributed by atoms with Crippen molar-refractivity contribution in [1.82, 2.24) is 20.2 Å². The second-order valence-corrected chi connectivity index (χ2v) is 3.52. The van der Waals surface area contributed by atoms with E-state index in [9.17, 15) is 4.79 Å². The van der Waals surface area contributed by atoms with Crippen molar-refractivity contribution >= 4 is 5.91 Å². The van der Waals surface area contributed by atoms with Crippen LogP contribution in [0.4, 0.5) is 0 Å². The van der Waals surface area contributed by atoms with Crippen LogP contribution in [0.5, 0.6) is 0 Å². The first-order chi connectivity index (χ1) is 6.77. The minimum atomic E-state index is -0.0915. The molecule has 1 aromatic heterocycles. The molecular formula is C9H14N4O. The molecule has 0 unspecified atom stereocenters. The van der Waals surface area contributed by atoms with E-state index in [4.69, 9.17) is 0 Å². The van der Waals surface area contributed by atoms with Gasteiger partial charge in [-0.25, -0.2) is 4.98 Å². The predicted molar refractivity (Wildman–Crippen MR) is 51.9 cm³/mol. The summed E-state index contributed by atoms with van der Waals surface area (Å²) >= 11 is 0. The number of aromatic nitrogens is 2. The first-order valence-electron chi connectivity index (χ1n) is 4.76. The molecule has 1 aliphatic heterocycles. The Morgan fingerprint density at radius 3 is 3.21 bits per heavy atom. The number of rotatable bonds is 2. The summed E-state index contributed by atoms with van der Waals surface area (Å²) in [5.41, 5.74) is 0. The van der Waals surface area contributed by atoms with Crippen LogP contribution in [0.2, 0.25) is 0 Å². The number of carbonyl (C=O) groups excluding carboxylic acids is 1. The fourth-order valence-electron chi connectivity index (χ4n) is 1.61. The molecule has 0 saturated carbocycles. The molecule has 1 saturated heterocycles. The Morgan fingerprint density at radius 2 is 2.64 bits per heavy atom. The van der Waals surface area contributed by atoms with E-state index in [1.807, 2.05) is 7.05 Å². The van der Waals surface area contributed by atoms with Crippen LogP contribution in [0.1, 0.15) is 17.0 Å². The second-order valence-electron chi connectivity index (χ2n) is 3.52. The lowest BCUT2D eigenvalue weighted by Crippen LogP contribution is -2.37. The van der Waals surface area contributed by atoms with Crippen LogP contribution in [0.3, 0.4) is 0 Å². The second kappa shape index (κ2) is 3.79. The smallest absolute Gasteiger partial charge is 0.287 e. The molecule has 1 fully saturated rings. The maximum absolute atomic E-state index is 11.7. The van der Waals surface area contributed by atoms with E-state index in [-0.39, 0.29) is 11.9 Å². The number of aryl methyl sites for hydroxylation is 1. The van der Waals surface area contributed by atoms with E-state index in [1.54, 1.807) is 17.0 Å². The molecule has 76 valence electrons. The fourth-order valence-corrected chi connectivity index (χ4v) is 1.61. The third-order valence-electron chi connectivity index (χ3n) is 2.42. The van der Waals surface area contributed by atoms with Gasteiger partial charge in [-0.3, -0.25) is 4.79 Å². The third kappa shape index (κ3) is 1.77. The van der Waals surface area contributed by atoms with Crippen molar-refractivity contribution in [3.05, 3.63) is 18.2 Å². The van der Waals surface area contributed by atoms with Crippen molar-refractivity contribution < 1.29 is 4.79 Å². The number of nitrogens with zero attached hydrogens (tertiary/aromatic N) is 2. The average molecular weight is 194 g/mol. The summed E-state index contributed by atoms with van der Waals surface area (Å²) < 4.78 is 1.72. The lowest BCUT2D eigenvalue weighted by molar-refractivity contribution is 0.0926. The Kier molecular flexibility index (Phi) is 2.49. The van der Waals surface area contributed by atoms with Gasteiger partial charge in [0.25, 0.3) is 5.91 Å². The van der Waals surface area contributed by atoms with E-state index < -0.39 is 0 Å². The summed E-state index contributed by atoms with van der Waals surface area (Å²) in [7, 11) is 1.81. The maximum Gasteiger partial charge on any atom is 0.287 e. The van der Waals surface area contributed by atoms with Crippen molar-refractivity contribution in [2.75, 3.05) is 13.1 Å². The van der Waals surface area contributed by atoms with Crippen LogP contribution >= 0.6 is 0 Å². The molecule has 0 aromatic carbocycles. The number of carbonyl (C=O) groups is 1. The maximum atomic E-state index is 11.7. The standard InChI is InChI=1S/C9H14N4O/c1-13-5-4-11-8(13)9(14)12-7-2-3-10-6-7/h4-5,7,10H,2-3,6H2,1H3,(H,12,14)/t7-/m0/s1. The third-order valence-corrected chi connectivity index (χ3v) is 2.42. The van der Waals surface area contributed by atoms with E-state index in [1.165, 1.54) is 0 Å². The van der Waals surface area contributed by atoms with Gasteiger partial charge in [0.05, 0.1) is 0 Å². The topological polar surface area (TPSA) is 59.0 Å². The molecule has 5 heteroatoms. The first-order valence-corrected chi connectivity index (χ1v) is 4.76. The monoisotopic (exact) mass is 194 g/mol. The van der Waals surface area contributed by atoms with Gasteiger partial charge in [-0.1, -0.05) is 0 Å². The van der Waals surface area contributed by atoms with Crippen LogP contribution in [-0.4, -0.2) is 34.6 Å². The summed E-state index contributed by atoms with van der Waals surface area (Å²) in [5.74, 6) is 0.378. The Bertz CT molecular complexity index is 327. The summed E-state index contributed by atoms with van der Waals surface area (Å²) in [4.78, 5) is 15.6. The van der Waals surface area contributed by atoms with E-state index in [2.05, 4.69) is 15.6 Å². The minimum absolute atomic E-state index is 0.0915. The van der Waals surface area contributed by atoms with Crippen LogP contribution in [0, 0.1) is 0 Å². The molecule has 0 radical (unpaired) electrons. The van der Waals surface area contributed by atoms with Crippen LogP contribution in [0.15, 0.2) is 12.4 Å². The van der Waals surface area contributed by atoms with E-state index in [0.717, 1.165) is 19.5 Å². The fraction of sp³-hybridized carbons (Fsp3) is 0.556. The average Bonchev–Trinajstić information content (AvgIpc) is 2.75. The van der Waals surface area contributed by atoms with E-state index in [0.29, 0.717) is 5.82 Å². The van der Waals surface area contributed by atoms with Gasteiger partial charge in [-0.15, -0.1) is 0 Å². The molecule has 14 heavy (non-hydrogen) atoms. The molecule has 0 bridgehead atoms. The number of hydrogen-bond donors (Lipinski definition) is 2. The molecule has 0 spiro atoms. The van der Waals surface area contributed by atoms with Gasteiger partial charge in [0, 0.05) is 32.0 Å². The normalized spacial score (nSPS) is 21.1. The highest BCUT2D eigenvalue weighted by molar-refractivity contribution is 5.90. The SMILES string of the molecule is Cn1ccnc1C(=O)N[C@H]1CCNC1. The van der Waals surface area contributed by atoms with Crippen LogP contribution in [0.25, 0.3) is 0 Å². The molecule has 2 heterocycles. The molecule has 5 nitrogen and oxygen atoms in total. The highest BCUT2D eigenvalue weighted by Crippen LogP contribution is 2.00. The predicted octanol–water partition coefficient (Wildman–Crippen LogP) is -0.488. The molecule has 1 aliphatic rings. The minimum Gasteiger partial charge on any atom is -0.345 e. The Morgan fingerprint density at radius 1 is 1.79 bits per heavy atom. The molecule has 2 N–H and O–H groups in total. The van der Waals surface area contributed by atoms with Crippen LogP contribution < -0.4 is 10.6 Å². The highest BCUT2D eigenvalue weighted by atomic mass is 16.2. The highest BCUT2D eigenvalue weighted by Gasteiger charge is 2.19. The van der Waals surface area contributed by atoms with Crippen molar-refractivity contribution in [1.29, 1.82) is 0 Å². The summed E-state index contributed by atoms with van der Waals surface area (Å²) in [5, 5.41) is 6.13. The van der Waals surface area contributed by atoms with Crippen molar-refractivity contribution in [2.45, 2.75) is 12.5 Å². The Labute approximate surface area is 82.5 Å². The summed E-state index contributed by atoms with van der Waals surface area (Å²) in [6, 6.07) is 0.249. The lowest BCUT2D eigenvalue weighted by Gasteiger charge is -2.10. The van der Waals surface area contributed by atoms with Gasteiger partial charge in [-0.05, 0) is 13.0 Å². The van der Waals surface area contributed by atoms with Gasteiger partial charge in [-0.2, -0.15) is 0 Å². The lowest BCUT2D eigenvalue weighted by atomic mass is 10.2. The van der Waals surface area contributed by atoms with Gasteiger partial charge in [0.1, 0.15) is 0 Å². The van der Waals surface area contributed by atoms with Crippen molar-refractivity contribution in [3.63, 3.8) is 0 Å². The van der Waals surface area contributed by atoms with Gasteiger partial charge < -0.3 is 15.2 Å². The summed E-state index contributed by atoms with van der Waals surface area (Å²) in [6.07, 6.45) is 4.39. The zero-order chi connectivity index (χ0) is 9.97. The molecule has 1 aromatic rings. The first kappa shape index (κ1) is 9.21. The molecule has 1 atom stereocenters. The largest absolute Gasteiger partial charge is 0.345 e. The van der Waals surface area contributed by atoms with Crippen molar-refractivity contribution in [3.8, 4) is 0 Å². The van der Waals surface area contributed by atoms with E-state index >= 15 is 0 Å². The van der Waals surface area contributed by atoms with Gasteiger partial charge >= 0.3 is 0 Å². The van der Waals surface area contributed by atoms with Crippen LogP contribution in [-0.2, 0) is 7.05 Å². The zero-order valence-electron chi connectivity index (χ0n) is 8.16. The Balaban J connectivity index is 1.98.